The molecule has 1 aliphatic heterocycles. The summed E-state index contributed by atoms with van der Waals surface area (Å²) in [5.41, 5.74) is 3.65. The fourth-order valence-corrected chi connectivity index (χ4v) is 4.13. The van der Waals surface area contributed by atoms with Crippen LogP contribution in [0.2, 0.25) is 0 Å². The Bertz CT molecular complexity index is 923. The molecule has 140 valence electrons. The summed E-state index contributed by atoms with van der Waals surface area (Å²) in [5.74, 6) is -0.219. The van der Waals surface area contributed by atoms with Gasteiger partial charge in [0, 0.05) is 22.7 Å². The molecule has 2 N–H and O–H groups in total. The van der Waals surface area contributed by atoms with E-state index in [-0.39, 0.29) is 11.8 Å². The van der Waals surface area contributed by atoms with Crippen molar-refractivity contribution in [1.29, 1.82) is 0 Å². The van der Waals surface area contributed by atoms with Gasteiger partial charge >= 0.3 is 0 Å². The average Bonchev–Trinajstić information content (AvgIpc) is 3.14. The number of likely N-dealkylation sites (tertiary alicyclic amines) is 1. The van der Waals surface area contributed by atoms with Gasteiger partial charge < -0.3 is 10.1 Å². The van der Waals surface area contributed by atoms with Crippen LogP contribution in [-0.4, -0.2) is 40.0 Å². The molecule has 0 bridgehead atoms. The topological polar surface area (TPSA) is 56.3 Å². The summed E-state index contributed by atoms with van der Waals surface area (Å²) in [6, 6.07) is 15.6. The van der Waals surface area contributed by atoms with E-state index in [4.69, 9.17) is 0 Å². The van der Waals surface area contributed by atoms with Crippen LogP contribution in [0.3, 0.4) is 0 Å². The number of rotatable bonds is 5. The van der Waals surface area contributed by atoms with E-state index in [1.165, 1.54) is 12.0 Å². The third kappa shape index (κ3) is 3.55. The third-order valence-corrected chi connectivity index (χ3v) is 5.63. The van der Waals surface area contributed by atoms with Gasteiger partial charge in [-0.1, -0.05) is 54.4 Å². The maximum Gasteiger partial charge on any atom is 0.195 e. The number of aliphatic hydroxyl groups is 1. The number of H-pyrrole nitrogens is 1. The predicted octanol–water partition coefficient (Wildman–Crippen LogP) is 4.25. The van der Waals surface area contributed by atoms with Crippen molar-refractivity contribution in [2.75, 3.05) is 13.1 Å². The number of piperidine rings is 1. The normalized spacial score (nSPS) is 17.7. The zero-order valence-corrected chi connectivity index (χ0v) is 15.7. The first-order valence-corrected chi connectivity index (χ1v) is 9.74. The van der Waals surface area contributed by atoms with E-state index < -0.39 is 6.10 Å². The van der Waals surface area contributed by atoms with Crippen molar-refractivity contribution < 1.29 is 9.90 Å². The minimum Gasteiger partial charge on any atom is -0.383 e. The van der Waals surface area contributed by atoms with E-state index in [9.17, 15) is 9.90 Å². The van der Waals surface area contributed by atoms with Crippen molar-refractivity contribution in [3.8, 4) is 0 Å². The van der Waals surface area contributed by atoms with Crippen LogP contribution in [0.15, 0.2) is 54.7 Å². The molecular weight excluding hydrogens is 336 g/mol. The Kier molecular flexibility index (Phi) is 5.10. The number of para-hydroxylation sites is 1. The van der Waals surface area contributed by atoms with E-state index in [1.54, 1.807) is 6.20 Å². The zero-order valence-electron chi connectivity index (χ0n) is 15.7. The van der Waals surface area contributed by atoms with Gasteiger partial charge in [-0.3, -0.25) is 9.69 Å². The molecule has 4 nitrogen and oxygen atoms in total. The predicted molar refractivity (Wildman–Crippen MR) is 108 cm³/mol. The molecule has 0 aliphatic carbocycles. The van der Waals surface area contributed by atoms with Gasteiger partial charge in [0.25, 0.3) is 0 Å². The SMILES string of the molecule is Cc1ccc([C@@H]([C@@H](O)C(=O)c2c[nH]c3ccccc23)N2CCCCC2)cc1. The molecule has 3 aromatic rings. The maximum atomic E-state index is 13.2. The number of aromatic nitrogens is 1. The highest BCUT2D eigenvalue weighted by atomic mass is 16.3. The molecule has 2 atom stereocenters. The molecule has 4 rings (SSSR count). The Hall–Kier alpha value is -2.43. The molecule has 0 unspecified atom stereocenters. The lowest BCUT2D eigenvalue weighted by Crippen LogP contribution is -2.43. The molecule has 2 heterocycles. The molecule has 0 radical (unpaired) electrons. The Morgan fingerprint density at radius 2 is 1.74 bits per heavy atom. The van der Waals surface area contributed by atoms with Gasteiger partial charge in [-0.05, 0) is 44.5 Å². The minimum absolute atomic E-state index is 0.219. The highest BCUT2D eigenvalue weighted by Crippen LogP contribution is 2.31. The summed E-state index contributed by atoms with van der Waals surface area (Å²) in [6.07, 6.45) is 4.06. The van der Waals surface area contributed by atoms with Crippen LogP contribution in [-0.2, 0) is 0 Å². The number of ketones is 1. The molecule has 0 spiro atoms. The van der Waals surface area contributed by atoms with Gasteiger partial charge in [0.2, 0.25) is 0 Å². The van der Waals surface area contributed by atoms with Crippen LogP contribution in [0, 0.1) is 6.92 Å². The quantitative estimate of drug-likeness (QED) is 0.667. The minimum atomic E-state index is -1.09. The summed E-state index contributed by atoms with van der Waals surface area (Å²) in [4.78, 5) is 18.7. The third-order valence-electron chi connectivity index (χ3n) is 5.63. The summed E-state index contributed by atoms with van der Waals surface area (Å²) < 4.78 is 0. The van der Waals surface area contributed by atoms with Crippen molar-refractivity contribution in [2.45, 2.75) is 38.3 Å². The van der Waals surface area contributed by atoms with Crippen molar-refractivity contribution in [3.05, 3.63) is 71.4 Å². The largest absolute Gasteiger partial charge is 0.383 e. The van der Waals surface area contributed by atoms with Crippen LogP contribution in [0.5, 0.6) is 0 Å². The maximum absolute atomic E-state index is 13.2. The number of Topliss-reactive ketones (excluding diaryl/α,β-unsaturated/α-hetero) is 1. The Balaban J connectivity index is 1.69. The molecule has 2 aromatic carbocycles. The second-order valence-corrected chi connectivity index (χ2v) is 7.51. The number of nitrogens with zero attached hydrogens (tertiary/aromatic N) is 1. The Morgan fingerprint density at radius 1 is 1.04 bits per heavy atom. The van der Waals surface area contributed by atoms with Gasteiger partial charge in [0.05, 0.1) is 6.04 Å². The number of hydrogen-bond acceptors (Lipinski definition) is 3. The van der Waals surface area contributed by atoms with Crippen LogP contribution >= 0.6 is 0 Å². The summed E-state index contributed by atoms with van der Waals surface area (Å²) in [5, 5.41) is 12.0. The lowest BCUT2D eigenvalue weighted by atomic mass is 9.91. The number of carbonyl (C=O) groups excluding carboxylic acids is 1. The standard InChI is InChI=1S/C23H26N2O2/c1-16-9-11-17(12-10-16)21(25-13-5-2-6-14-25)23(27)22(26)19-15-24-20-8-4-3-7-18(19)20/h3-4,7-12,15,21,23-24,27H,2,5-6,13-14H2,1H3/t21-,23+/m0/s1. The molecule has 0 amide bonds. The van der Waals surface area contributed by atoms with Gasteiger partial charge in [-0.15, -0.1) is 0 Å². The second kappa shape index (κ2) is 7.67. The number of nitrogens with one attached hydrogen (secondary N) is 1. The van der Waals surface area contributed by atoms with Crippen molar-refractivity contribution in [3.63, 3.8) is 0 Å². The smallest absolute Gasteiger partial charge is 0.195 e. The van der Waals surface area contributed by atoms with Crippen molar-refractivity contribution in [1.82, 2.24) is 9.88 Å². The van der Waals surface area contributed by atoms with E-state index in [2.05, 4.69) is 22.0 Å². The first-order valence-electron chi connectivity index (χ1n) is 9.74. The van der Waals surface area contributed by atoms with Gasteiger partial charge in [0.1, 0.15) is 6.10 Å². The van der Waals surface area contributed by atoms with Crippen LogP contribution < -0.4 is 0 Å². The number of hydrogen-bond donors (Lipinski definition) is 2. The van der Waals surface area contributed by atoms with E-state index >= 15 is 0 Å². The molecule has 0 saturated carbocycles. The number of aliphatic hydroxyl groups excluding tert-OH is 1. The molecular formula is C23H26N2O2. The fourth-order valence-electron chi connectivity index (χ4n) is 4.13. The Morgan fingerprint density at radius 3 is 2.48 bits per heavy atom. The molecule has 1 aliphatic rings. The van der Waals surface area contributed by atoms with Crippen LogP contribution in [0.4, 0.5) is 0 Å². The summed E-state index contributed by atoms with van der Waals surface area (Å²) >= 11 is 0. The highest BCUT2D eigenvalue weighted by Gasteiger charge is 2.34. The molecule has 1 saturated heterocycles. The fraction of sp³-hybridized carbons (Fsp3) is 0.348. The van der Waals surface area contributed by atoms with Crippen LogP contribution in [0.1, 0.15) is 46.8 Å². The number of aromatic amines is 1. The highest BCUT2D eigenvalue weighted by molar-refractivity contribution is 6.10. The molecule has 1 fully saturated rings. The zero-order chi connectivity index (χ0) is 18.8. The van der Waals surface area contributed by atoms with Crippen molar-refractivity contribution >= 4 is 16.7 Å². The van der Waals surface area contributed by atoms with Gasteiger partial charge in [0.15, 0.2) is 5.78 Å². The lowest BCUT2D eigenvalue weighted by Gasteiger charge is -2.37. The second-order valence-electron chi connectivity index (χ2n) is 7.51. The van der Waals surface area contributed by atoms with Gasteiger partial charge in [-0.2, -0.15) is 0 Å². The number of aryl methyl sites for hydroxylation is 1. The monoisotopic (exact) mass is 362 g/mol. The lowest BCUT2D eigenvalue weighted by molar-refractivity contribution is 0.0324. The van der Waals surface area contributed by atoms with E-state index in [0.717, 1.165) is 42.4 Å². The molecule has 1 aromatic heterocycles. The number of carbonyl (C=O) groups is 1. The Labute approximate surface area is 159 Å². The summed E-state index contributed by atoms with van der Waals surface area (Å²) in [7, 11) is 0. The summed E-state index contributed by atoms with van der Waals surface area (Å²) in [6.45, 7) is 3.88. The van der Waals surface area contributed by atoms with Gasteiger partial charge in [-0.25, -0.2) is 0 Å². The van der Waals surface area contributed by atoms with E-state index in [0.29, 0.717) is 5.56 Å². The number of benzene rings is 2. The van der Waals surface area contributed by atoms with Crippen molar-refractivity contribution in [2.24, 2.45) is 0 Å². The first-order chi connectivity index (χ1) is 13.1. The number of fused-ring (bicyclic) bond motifs is 1. The average molecular weight is 362 g/mol. The van der Waals surface area contributed by atoms with Crippen LogP contribution in [0.25, 0.3) is 10.9 Å². The first kappa shape index (κ1) is 18.0. The molecule has 4 heteroatoms. The molecule has 27 heavy (non-hydrogen) atoms. The van der Waals surface area contributed by atoms with E-state index in [1.807, 2.05) is 43.3 Å².